The first-order chi connectivity index (χ1) is 8.15. The van der Waals surface area contributed by atoms with Crippen LogP contribution in [0, 0.1) is 5.92 Å². The summed E-state index contributed by atoms with van der Waals surface area (Å²) < 4.78 is 0. The summed E-state index contributed by atoms with van der Waals surface area (Å²) in [5, 5.41) is 3.04. The van der Waals surface area contributed by atoms with Crippen LogP contribution in [0.3, 0.4) is 0 Å². The lowest BCUT2D eigenvalue weighted by Crippen LogP contribution is -2.38. The van der Waals surface area contributed by atoms with Crippen LogP contribution in [0.5, 0.6) is 0 Å². The molecule has 2 atom stereocenters. The fraction of sp³-hybridized carbons (Fsp3) is 0.538. The molecule has 1 amide bonds. The Hall–Kier alpha value is -1.58. The second-order valence-electron chi connectivity index (χ2n) is 4.92. The molecule has 0 aromatic carbocycles. The van der Waals surface area contributed by atoms with E-state index in [4.69, 9.17) is 5.73 Å². The van der Waals surface area contributed by atoms with Crippen molar-refractivity contribution in [3.8, 4) is 0 Å². The van der Waals surface area contributed by atoms with Crippen molar-refractivity contribution in [3.05, 3.63) is 24.0 Å². The number of pyridine rings is 1. The van der Waals surface area contributed by atoms with Crippen LogP contribution in [0.1, 0.15) is 43.1 Å². The Morgan fingerprint density at radius 2 is 2.35 bits per heavy atom. The minimum atomic E-state index is -0.114. The molecule has 1 aromatic heterocycles. The molecule has 4 nitrogen and oxygen atoms in total. The highest BCUT2D eigenvalue weighted by Crippen LogP contribution is 2.23. The maximum Gasteiger partial charge on any atom is 0.270 e. The minimum Gasteiger partial charge on any atom is -0.399 e. The molecule has 17 heavy (non-hydrogen) atoms. The van der Waals surface area contributed by atoms with Gasteiger partial charge in [0, 0.05) is 17.9 Å². The molecule has 1 saturated carbocycles. The van der Waals surface area contributed by atoms with Gasteiger partial charge in [-0.05, 0) is 30.9 Å². The van der Waals surface area contributed by atoms with Crippen molar-refractivity contribution in [2.24, 2.45) is 5.92 Å². The van der Waals surface area contributed by atoms with Gasteiger partial charge in [0.2, 0.25) is 0 Å². The van der Waals surface area contributed by atoms with Gasteiger partial charge in [0.25, 0.3) is 5.91 Å². The van der Waals surface area contributed by atoms with E-state index in [2.05, 4.69) is 17.2 Å². The van der Waals surface area contributed by atoms with Crippen molar-refractivity contribution in [1.29, 1.82) is 0 Å². The number of rotatable bonds is 2. The first-order valence-corrected chi connectivity index (χ1v) is 6.17. The van der Waals surface area contributed by atoms with Crippen LogP contribution in [0.2, 0.25) is 0 Å². The largest absolute Gasteiger partial charge is 0.399 e. The highest BCUT2D eigenvalue weighted by atomic mass is 16.1. The Kier molecular flexibility index (Phi) is 3.61. The molecule has 0 spiro atoms. The summed E-state index contributed by atoms with van der Waals surface area (Å²) in [6.07, 6.45) is 6.15. The van der Waals surface area contributed by atoms with Gasteiger partial charge in [0.05, 0.1) is 0 Å². The lowest BCUT2D eigenvalue weighted by Gasteiger charge is -2.27. The number of carbonyl (C=O) groups excluding carboxylic acids is 1. The average Bonchev–Trinajstić information content (AvgIpc) is 2.29. The lowest BCUT2D eigenvalue weighted by atomic mass is 9.87. The number of nitrogens with one attached hydrogen (secondary N) is 1. The zero-order chi connectivity index (χ0) is 12.3. The lowest BCUT2D eigenvalue weighted by molar-refractivity contribution is 0.0916. The zero-order valence-corrected chi connectivity index (χ0v) is 10.1. The highest BCUT2D eigenvalue weighted by molar-refractivity contribution is 5.93. The Labute approximate surface area is 102 Å². The van der Waals surface area contributed by atoms with E-state index in [1.807, 2.05) is 0 Å². The molecule has 4 heteroatoms. The molecule has 1 heterocycles. The standard InChI is InChI=1S/C13H19N3O/c1-9-3-2-4-11(7-9)16-13(17)12-8-10(14)5-6-15-12/h5-6,8-9,11H,2-4,7H2,1H3,(H2,14,15)(H,16,17). The monoisotopic (exact) mass is 233 g/mol. The Balaban J connectivity index is 1.97. The fourth-order valence-electron chi connectivity index (χ4n) is 2.40. The van der Waals surface area contributed by atoms with E-state index in [9.17, 15) is 4.79 Å². The SMILES string of the molecule is CC1CCCC(NC(=O)c2cc(N)ccn2)C1. The number of carbonyl (C=O) groups is 1. The van der Waals surface area contributed by atoms with E-state index < -0.39 is 0 Å². The Morgan fingerprint density at radius 1 is 1.53 bits per heavy atom. The van der Waals surface area contributed by atoms with Crippen LogP contribution in [0.15, 0.2) is 18.3 Å². The van der Waals surface area contributed by atoms with Gasteiger partial charge in [-0.1, -0.05) is 19.8 Å². The summed E-state index contributed by atoms with van der Waals surface area (Å²) in [6.45, 7) is 2.23. The summed E-state index contributed by atoms with van der Waals surface area (Å²) in [4.78, 5) is 16.0. The van der Waals surface area contributed by atoms with Gasteiger partial charge in [0.15, 0.2) is 0 Å². The average molecular weight is 233 g/mol. The molecule has 1 aliphatic rings. The van der Waals surface area contributed by atoms with Gasteiger partial charge in [-0.3, -0.25) is 9.78 Å². The number of hydrogen-bond acceptors (Lipinski definition) is 3. The van der Waals surface area contributed by atoms with Crippen LogP contribution >= 0.6 is 0 Å². The zero-order valence-electron chi connectivity index (χ0n) is 10.1. The number of amides is 1. The molecule has 3 N–H and O–H groups in total. The number of nitrogen functional groups attached to an aromatic ring is 1. The number of nitrogens with two attached hydrogens (primary N) is 1. The molecule has 2 rings (SSSR count). The van der Waals surface area contributed by atoms with E-state index in [0.717, 1.165) is 12.8 Å². The molecule has 92 valence electrons. The third-order valence-electron chi connectivity index (χ3n) is 3.29. The first kappa shape index (κ1) is 11.9. The van der Waals surface area contributed by atoms with E-state index >= 15 is 0 Å². The molecular weight excluding hydrogens is 214 g/mol. The topological polar surface area (TPSA) is 68.0 Å². The van der Waals surface area contributed by atoms with Gasteiger partial charge in [-0.2, -0.15) is 0 Å². The van der Waals surface area contributed by atoms with Crippen molar-refractivity contribution < 1.29 is 4.79 Å². The first-order valence-electron chi connectivity index (χ1n) is 6.17. The predicted octanol–water partition coefficient (Wildman–Crippen LogP) is 1.97. The van der Waals surface area contributed by atoms with Crippen molar-refractivity contribution in [1.82, 2.24) is 10.3 Å². The maximum absolute atomic E-state index is 11.9. The number of aromatic nitrogens is 1. The molecule has 2 unspecified atom stereocenters. The van der Waals surface area contributed by atoms with Gasteiger partial charge in [-0.25, -0.2) is 0 Å². The van der Waals surface area contributed by atoms with Crippen LogP contribution in [0.25, 0.3) is 0 Å². The Morgan fingerprint density at radius 3 is 3.06 bits per heavy atom. The number of anilines is 1. The molecule has 0 saturated heterocycles. The van der Waals surface area contributed by atoms with Crippen molar-refractivity contribution in [2.75, 3.05) is 5.73 Å². The molecule has 0 aliphatic heterocycles. The highest BCUT2D eigenvalue weighted by Gasteiger charge is 2.21. The summed E-state index contributed by atoms with van der Waals surface area (Å²) >= 11 is 0. The van der Waals surface area contributed by atoms with E-state index in [1.165, 1.54) is 12.8 Å². The molecule has 1 aromatic rings. The normalized spacial score (nSPS) is 24.3. The summed E-state index contributed by atoms with van der Waals surface area (Å²) in [5.74, 6) is 0.583. The molecular formula is C13H19N3O. The minimum absolute atomic E-state index is 0.114. The number of nitrogens with zero attached hydrogens (tertiary/aromatic N) is 1. The van der Waals surface area contributed by atoms with Gasteiger partial charge in [0.1, 0.15) is 5.69 Å². The predicted molar refractivity (Wildman–Crippen MR) is 67.5 cm³/mol. The summed E-state index contributed by atoms with van der Waals surface area (Å²) in [5.41, 5.74) is 6.61. The van der Waals surface area contributed by atoms with Gasteiger partial charge < -0.3 is 11.1 Å². The van der Waals surface area contributed by atoms with E-state index in [-0.39, 0.29) is 11.9 Å². The van der Waals surface area contributed by atoms with Crippen molar-refractivity contribution in [3.63, 3.8) is 0 Å². The fourth-order valence-corrected chi connectivity index (χ4v) is 2.40. The van der Waals surface area contributed by atoms with Crippen LogP contribution < -0.4 is 11.1 Å². The van der Waals surface area contributed by atoms with Crippen LogP contribution in [0.4, 0.5) is 5.69 Å². The third kappa shape index (κ3) is 3.19. The van der Waals surface area contributed by atoms with Crippen molar-refractivity contribution in [2.45, 2.75) is 38.6 Å². The smallest absolute Gasteiger partial charge is 0.270 e. The maximum atomic E-state index is 11.9. The van der Waals surface area contributed by atoms with E-state index in [1.54, 1.807) is 18.3 Å². The van der Waals surface area contributed by atoms with Gasteiger partial charge in [-0.15, -0.1) is 0 Å². The second kappa shape index (κ2) is 5.17. The second-order valence-corrected chi connectivity index (χ2v) is 4.92. The summed E-state index contributed by atoms with van der Waals surface area (Å²) in [7, 11) is 0. The third-order valence-corrected chi connectivity index (χ3v) is 3.29. The molecule has 1 fully saturated rings. The number of hydrogen-bond donors (Lipinski definition) is 2. The van der Waals surface area contributed by atoms with Crippen LogP contribution in [-0.2, 0) is 0 Å². The van der Waals surface area contributed by atoms with Crippen LogP contribution in [-0.4, -0.2) is 16.9 Å². The molecule has 0 radical (unpaired) electrons. The quantitative estimate of drug-likeness (QED) is 0.820. The molecule has 1 aliphatic carbocycles. The van der Waals surface area contributed by atoms with E-state index in [0.29, 0.717) is 17.3 Å². The summed E-state index contributed by atoms with van der Waals surface area (Å²) in [6, 6.07) is 3.58. The molecule has 0 bridgehead atoms. The van der Waals surface area contributed by atoms with Crippen molar-refractivity contribution >= 4 is 11.6 Å². The Bertz CT molecular complexity index is 405. The van der Waals surface area contributed by atoms with Gasteiger partial charge >= 0.3 is 0 Å².